The summed E-state index contributed by atoms with van der Waals surface area (Å²) < 4.78 is 13.9. The number of unbranched alkanes of at least 4 members (excludes halogenated alkanes) is 2. The lowest BCUT2D eigenvalue weighted by Gasteiger charge is -2.33. The van der Waals surface area contributed by atoms with E-state index in [1.165, 1.54) is 6.07 Å². The van der Waals surface area contributed by atoms with Gasteiger partial charge in [-0.15, -0.1) is 0 Å². The summed E-state index contributed by atoms with van der Waals surface area (Å²) >= 11 is 0. The highest BCUT2D eigenvalue weighted by Gasteiger charge is 2.24. The van der Waals surface area contributed by atoms with Crippen molar-refractivity contribution in [2.75, 3.05) is 4.90 Å². The monoisotopic (exact) mass is 335 g/mol. The summed E-state index contributed by atoms with van der Waals surface area (Å²) in [4.78, 5) is 14.8. The average Bonchev–Trinajstić information content (AvgIpc) is 2.58. The molecule has 0 aliphatic heterocycles. The van der Waals surface area contributed by atoms with E-state index in [0.717, 1.165) is 50.6 Å². The number of amides is 1. The summed E-state index contributed by atoms with van der Waals surface area (Å²) in [6.07, 6.45) is 8.56. The van der Waals surface area contributed by atoms with Crippen molar-refractivity contribution in [3.8, 4) is 0 Å². The van der Waals surface area contributed by atoms with E-state index in [1.807, 2.05) is 24.8 Å². The van der Waals surface area contributed by atoms with Crippen LogP contribution < -0.4 is 4.90 Å². The smallest absolute Gasteiger partial charge is 0.227 e. The van der Waals surface area contributed by atoms with Gasteiger partial charge >= 0.3 is 0 Å². The molecule has 0 radical (unpaired) electrons. The maximum atomic E-state index is 13.9. The van der Waals surface area contributed by atoms with Gasteiger partial charge < -0.3 is 4.90 Å². The third-order valence-electron chi connectivity index (χ3n) is 4.57. The number of carbonyl (C=O) groups excluding carboxylic acids is 1. The van der Waals surface area contributed by atoms with Crippen molar-refractivity contribution in [3.05, 3.63) is 29.6 Å². The second-order valence-electron chi connectivity index (χ2n) is 6.58. The Balaban J connectivity index is 3.18. The van der Waals surface area contributed by atoms with Gasteiger partial charge in [0, 0.05) is 18.2 Å². The molecule has 0 atom stereocenters. The van der Waals surface area contributed by atoms with E-state index < -0.39 is 0 Å². The minimum atomic E-state index is -0.178. The molecule has 0 saturated carbocycles. The number of aryl methyl sites for hydroxylation is 1. The number of hydrogen-bond acceptors (Lipinski definition) is 1. The summed E-state index contributed by atoms with van der Waals surface area (Å²) in [6, 6.07) is 5.37. The molecule has 24 heavy (non-hydrogen) atoms. The third kappa shape index (κ3) is 5.92. The number of rotatable bonds is 11. The molecule has 0 bridgehead atoms. The van der Waals surface area contributed by atoms with Crippen LogP contribution >= 0.6 is 0 Å². The van der Waals surface area contributed by atoms with Crippen LogP contribution in [0, 0.1) is 5.82 Å². The van der Waals surface area contributed by atoms with Crippen LogP contribution in [0.15, 0.2) is 18.2 Å². The lowest BCUT2D eigenvalue weighted by atomic mass is 9.99. The van der Waals surface area contributed by atoms with Crippen LogP contribution in [-0.2, 0) is 11.2 Å². The average molecular weight is 336 g/mol. The lowest BCUT2D eigenvalue weighted by molar-refractivity contribution is -0.119. The summed E-state index contributed by atoms with van der Waals surface area (Å²) in [7, 11) is 0. The largest absolute Gasteiger partial charge is 0.309 e. The number of nitrogens with zero attached hydrogens (tertiary/aromatic N) is 1. The molecular formula is C21H34FNO. The van der Waals surface area contributed by atoms with Crippen molar-refractivity contribution >= 4 is 11.6 Å². The Morgan fingerprint density at radius 2 is 1.67 bits per heavy atom. The molecule has 0 aliphatic rings. The first-order valence-corrected chi connectivity index (χ1v) is 9.69. The van der Waals surface area contributed by atoms with Crippen LogP contribution in [0.5, 0.6) is 0 Å². The van der Waals surface area contributed by atoms with Crippen LogP contribution in [0.4, 0.5) is 10.1 Å². The van der Waals surface area contributed by atoms with Crippen LogP contribution in [0.2, 0.25) is 0 Å². The molecule has 0 unspecified atom stereocenters. The Hall–Kier alpha value is -1.38. The fourth-order valence-electron chi connectivity index (χ4n) is 3.16. The van der Waals surface area contributed by atoms with E-state index in [-0.39, 0.29) is 17.8 Å². The van der Waals surface area contributed by atoms with Gasteiger partial charge in [-0.05, 0) is 49.4 Å². The minimum Gasteiger partial charge on any atom is -0.309 e. The molecule has 1 rings (SSSR count). The molecule has 1 amide bonds. The lowest BCUT2D eigenvalue weighted by Crippen LogP contribution is -2.40. The predicted molar refractivity (Wildman–Crippen MR) is 101 cm³/mol. The third-order valence-corrected chi connectivity index (χ3v) is 4.57. The van der Waals surface area contributed by atoms with Crippen LogP contribution in [0.25, 0.3) is 0 Å². The minimum absolute atomic E-state index is 0.170. The number of benzene rings is 1. The van der Waals surface area contributed by atoms with Crippen molar-refractivity contribution < 1.29 is 9.18 Å². The summed E-state index contributed by atoms with van der Waals surface area (Å²) in [6.45, 7) is 8.35. The molecule has 0 fully saturated rings. The van der Waals surface area contributed by atoms with Crippen molar-refractivity contribution in [1.82, 2.24) is 0 Å². The second-order valence-corrected chi connectivity index (χ2v) is 6.58. The Kier molecular flexibility index (Phi) is 9.66. The van der Waals surface area contributed by atoms with E-state index >= 15 is 0 Å². The van der Waals surface area contributed by atoms with Crippen molar-refractivity contribution in [2.24, 2.45) is 0 Å². The molecule has 3 heteroatoms. The molecule has 0 saturated heterocycles. The van der Waals surface area contributed by atoms with E-state index in [0.29, 0.717) is 18.4 Å². The molecule has 136 valence electrons. The Morgan fingerprint density at radius 3 is 2.17 bits per heavy atom. The van der Waals surface area contributed by atoms with Crippen LogP contribution in [-0.4, -0.2) is 11.9 Å². The van der Waals surface area contributed by atoms with Gasteiger partial charge in [0.15, 0.2) is 0 Å². The van der Waals surface area contributed by atoms with Crippen molar-refractivity contribution in [2.45, 2.75) is 91.5 Å². The van der Waals surface area contributed by atoms with Gasteiger partial charge in [-0.2, -0.15) is 0 Å². The summed E-state index contributed by atoms with van der Waals surface area (Å²) in [5, 5.41) is 0. The van der Waals surface area contributed by atoms with E-state index in [9.17, 15) is 9.18 Å². The van der Waals surface area contributed by atoms with Crippen molar-refractivity contribution in [3.63, 3.8) is 0 Å². The number of hydrogen-bond donors (Lipinski definition) is 0. The standard InChI is InChI=1S/C21H34FNO/c1-5-9-12-18(13-10-6-2)23(21(24)11-7-3)19-14-15-20(22)17(8-4)16-19/h14-16,18H,5-13H2,1-4H3. The molecule has 0 N–H and O–H groups in total. The first kappa shape index (κ1) is 20.7. The molecule has 2 nitrogen and oxygen atoms in total. The summed E-state index contributed by atoms with van der Waals surface area (Å²) in [5.74, 6) is -0.00817. The molecule has 0 aliphatic carbocycles. The van der Waals surface area contributed by atoms with Gasteiger partial charge in [-0.1, -0.05) is 53.4 Å². The SMILES string of the molecule is CCCCC(CCCC)N(C(=O)CCC)c1ccc(F)c(CC)c1. The quantitative estimate of drug-likeness (QED) is 0.466. The number of anilines is 1. The number of carbonyl (C=O) groups is 1. The first-order chi connectivity index (χ1) is 11.6. The van der Waals surface area contributed by atoms with Crippen LogP contribution in [0.1, 0.15) is 84.6 Å². The second kappa shape index (κ2) is 11.2. The van der Waals surface area contributed by atoms with Gasteiger partial charge in [0.2, 0.25) is 5.91 Å². The highest BCUT2D eigenvalue weighted by atomic mass is 19.1. The Labute approximate surface area is 147 Å². The normalized spacial score (nSPS) is 11.1. The van der Waals surface area contributed by atoms with E-state index in [1.54, 1.807) is 6.07 Å². The fraction of sp³-hybridized carbons (Fsp3) is 0.667. The topological polar surface area (TPSA) is 20.3 Å². The number of halogens is 1. The predicted octanol–water partition coefficient (Wildman–Crippen LogP) is 6.27. The van der Waals surface area contributed by atoms with Gasteiger partial charge in [0.25, 0.3) is 0 Å². The summed E-state index contributed by atoms with van der Waals surface area (Å²) in [5.41, 5.74) is 1.55. The molecule has 0 spiro atoms. The molecule has 0 heterocycles. The van der Waals surface area contributed by atoms with E-state index in [4.69, 9.17) is 0 Å². The van der Waals surface area contributed by atoms with Crippen molar-refractivity contribution in [1.29, 1.82) is 0 Å². The Morgan fingerprint density at radius 1 is 1.04 bits per heavy atom. The highest BCUT2D eigenvalue weighted by molar-refractivity contribution is 5.94. The zero-order valence-electron chi connectivity index (χ0n) is 15.9. The van der Waals surface area contributed by atoms with Gasteiger partial charge in [-0.25, -0.2) is 4.39 Å². The van der Waals surface area contributed by atoms with Gasteiger partial charge in [0.1, 0.15) is 5.82 Å². The Bertz CT molecular complexity index is 493. The molecule has 1 aromatic carbocycles. The molecule has 0 aromatic heterocycles. The van der Waals surface area contributed by atoms with Gasteiger partial charge in [0.05, 0.1) is 0 Å². The molecular weight excluding hydrogens is 301 g/mol. The van der Waals surface area contributed by atoms with Crippen LogP contribution in [0.3, 0.4) is 0 Å². The molecule has 1 aromatic rings. The van der Waals surface area contributed by atoms with E-state index in [2.05, 4.69) is 13.8 Å². The first-order valence-electron chi connectivity index (χ1n) is 9.69. The maximum Gasteiger partial charge on any atom is 0.227 e. The maximum absolute atomic E-state index is 13.9. The zero-order chi connectivity index (χ0) is 17.9. The zero-order valence-corrected chi connectivity index (χ0v) is 15.9. The highest BCUT2D eigenvalue weighted by Crippen LogP contribution is 2.27. The van der Waals surface area contributed by atoms with Gasteiger partial charge in [-0.3, -0.25) is 4.79 Å². The fourth-order valence-corrected chi connectivity index (χ4v) is 3.16.